The first kappa shape index (κ1) is 17.6. The molecule has 3 rings (SSSR count). The number of anilines is 1. The summed E-state index contributed by atoms with van der Waals surface area (Å²) in [6, 6.07) is 7.04. The molecule has 5 nitrogen and oxygen atoms in total. The van der Waals surface area contributed by atoms with Crippen molar-refractivity contribution in [1.82, 2.24) is 9.78 Å². The van der Waals surface area contributed by atoms with Crippen molar-refractivity contribution in [2.24, 2.45) is 0 Å². The van der Waals surface area contributed by atoms with Gasteiger partial charge in [0, 0.05) is 24.7 Å². The van der Waals surface area contributed by atoms with Crippen LogP contribution in [0.2, 0.25) is 5.02 Å². The quantitative estimate of drug-likeness (QED) is 0.769. The Hall–Kier alpha value is -2.22. The molecule has 9 heteroatoms. The highest BCUT2D eigenvalue weighted by Crippen LogP contribution is 2.38. The zero-order valence-corrected chi connectivity index (χ0v) is 14.1. The maximum Gasteiger partial charge on any atom is 0.436 e. The highest BCUT2D eigenvalue weighted by molar-refractivity contribution is 6.30. The number of ether oxygens (including phenoxy) is 1. The maximum absolute atomic E-state index is 13.3. The Bertz CT molecular complexity index is 804. The number of fused-ring (bicyclic) bond motifs is 1. The van der Waals surface area contributed by atoms with E-state index in [1.807, 2.05) is 6.07 Å². The van der Waals surface area contributed by atoms with Gasteiger partial charge in [-0.05, 0) is 24.1 Å². The van der Waals surface area contributed by atoms with Crippen molar-refractivity contribution in [3.05, 3.63) is 46.1 Å². The van der Waals surface area contributed by atoms with Gasteiger partial charge in [-0.1, -0.05) is 23.7 Å². The highest BCUT2D eigenvalue weighted by Gasteiger charge is 2.43. The molecule has 134 valence electrons. The van der Waals surface area contributed by atoms with Crippen LogP contribution in [-0.2, 0) is 24.0 Å². The molecule has 0 fully saturated rings. The normalized spacial score (nSPS) is 14.4. The fourth-order valence-corrected chi connectivity index (χ4v) is 3.16. The maximum atomic E-state index is 13.3. The topological polar surface area (TPSA) is 47.4 Å². The number of hydrogen-bond acceptors (Lipinski definition) is 4. The second-order valence-corrected chi connectivity index (χ2v) is 6.10. The van der Waals surface area contributed by atoms with Crippen LogP contribution < -0.4 is 4.90 Å². The number of hydrogen-bond donors (Lipinski definition) is 0. The Morgan fingerprint density at radius 2 is 2.12 bits per heavy atom. The molecule has 1 aliphatic heterocycles. The van der Waals surface area contributed by atoms with E-state index in [0.29, 0.717) is 31.1 Å². The highest BCUT2D eigenvalue weighted by atomic mass is 35.5. The number of methoxy groups -OCH3 is 1. The number of nitrogens with zero attached hydrogens (tertiary/aromatic N) is 3. The molecule has 0 saturated carbocycles. The van der Waals surface area contributed by atoms with Crippen molar-refractivity contribution in [2.75, 3.05) is 18.6 Å². The minimum Gasteiger partial charge on any atom is -0.465 e. The lowest BCUT2D eigenvalue weighted by atomic mass is 10.1. The number of alkyl halides is 3. The van der Waals surface area contributed by atoms with Gasteiger partial charge < -0.3 is 9.64 Å². The smallest absolute Gasteiger partial charge is 0.436 e. The van der Waals surface area contributed by atoms with Gasteiger partial charge in [-0.15, -0.1) is 0 Å². The summed E-state index contributed by atoms with van der Waals surface area (Å²) in [5, 5.41) is 4.16. The Kier molecular flexibility index (Phi) is 4.64. The van der Waals surface area contributed by atoms with E-state index in [0.717, 1.165) is 12.7 Å². The van der Waals surface area contributed by atoms with E-state index in [2.05, 4.69) is 9.84 Å². The second-order valence-electron chi connectivity index (χ2n) is 5.66. The molecule has 0 spiro atoms. The summed E-state index contributed by atoms with van der Waals surface area (Å²) in [6.07, 6.45) is -4.12. The summed E-state index contributed by atoms with van der Waals surface area (Å²) in [5.74, 6) is -0.919. The van der Waals surface area contributed by atoms with Gasteiger partial charge in [0.1, 0.15) is 11.4 Å². The van der Waals surface area contributed by atoms with Gasteiger partial charge in [0.15, 0.2) is 5.69 Å². The zero-order valence-electron chi connectivity index (χ0n) is 13.3. The fourth-order valence-electron chi connectivity index (χ4n) is 2.95. The van der Waals surface area contributed by atoms with Gasteiger partial charge in [-0.2, -0.15) is 18.3 Å². The lowest BCUT2D eigenvalue weighted by Crippen LogP contribution is -2.33. The lowest BCUT2D eigenvalue weighted by Gasteiger charge is -2.30. The molecule has 0 unspecified atom stereocenters. The lowest BCUT2D eigenvalue weighted by molar-refractivity contribution is -0.142. The molecular weight excluding hydrogens is 359 g/mol. The van der Waals surface area contributed by atoms with Gasteiger partial charge in [0.05, 0.1) is 7.11 Å². The van der Waals surface area contributed by atoms with E-state index in [1.165, 1.54) is 4.68 Å². The van der Waals surface area contributed by atoms with Crippen LogP contribution >= 0.6 is 11.6 Å². The zero-order chi connectivity index (χ0) is 18.2. The number of carbonyl (C=O) groups is 1. The average Bonchev–Trinajstić information content (AvgIpc) is 2.95. The third kappa shape index (κ3) is 3.44. The van der Waals surface area contributed by atoms with Crippen LogP contribution in [0.15, 0.2) is 24.3 Å². The van der Waals surface area contributed by atoms with Crippen molar-refractivity contribution in [3.63, 3.8) is 0 Å². The van der Waals surface area contributed by atoms with E-state index in [9.17, 15) is 18.0 Å². The number of aryl methyl sites for hydroxylation is 1. The predicted octanol–water partition coefficient (Wildman–Crippen LogP) is 3.75. The fraction of sp³-hybridized carbons (Fsp3) is 0.375. The summed E-state index contributed by atoms with van der Waals surface area (Å²) in [7, 11) is 1.05. The molecule has 1 aromatic heterocycles. The van der Waals surface area contributed by atoms with Crippen LogP contribution in [0.25, 0.3) is 0 Å². The number of carbonyl (C=O) groups excluding carboxylic acids is 1. The van der Waals surface area contributed by atoms with Crippen LogP contribution in [0, 0.1) is 0 Å². The van der Waals surface area contributed by atoms with Crippen molar-refractivity contribution in [3.8, 4) is 0 Å². The molecule has 0 amide bonds. The van der Waals surface area contributed by atoms with Crippen molar-refractivity contribution < 1.29 is 22.7 Å². The van der Waals surface area contributed by atoms with Crippen LogP contribution in [0.4, 0.5) is 19.0 Å². The molecule has 0 N–H and O–H groups in total. The van der Waals surface area contributed by atoms with Gasteiger partial charge in [0.25, 0.3) is 0 Å². The summed E-state index contributed by atoms with van der Waals surface area (Å²) >= 11 is 5.97. The van der Waals surface area contributed by atoms with E-state index in [-0.39, 0.29) is 5.82 Å². The first-order chi connectivity index (χ1) is 11.8. The predicted molar refractivity (Wildman–Crippen MR) is 85.7 cm³/mol. The van der Waals surface area contributed by atoms with E-state index >= 15 is 0 Å². The van der Waals surface area contributed by atoms with E-state index < -0.39 is 23.4 Å². The molecule has 1 aromatic carbocycles. The van der Waals surface area contributed by atoms with Crippen molar-refractivity contribution >= 4 is 23.4 Å². The summed E-state index contributed by atoms with van der Waals surface area (Å²) in [6.45, 7) is 1.12. The average molecular weight is 374 g/mol. The second kappa shape index (κ2) is 6.59. The number of benzene rings is 1. The minimum absolute atomic E-state index is 0.130. The molecule has 0 atom stereocenters. The van der Waals surface area contributed by atoms with Crippen LogP contribution in [0.5, 0.6) is 0 Å². The number of halogens is 4. The van der Waals surface area contributed by atoms with Gasteiger partial charge in [-0.3, -0.25) is 0 Å². The molecule has 0 aliphatic carbocycles. The number of aromatic nitrogens is 2. The third-order valence-electron chi connectivity index (χ3n) is 3.94. The molecule has 2 aromatic rings. The molecule has 25 heavy (non-hydrogen) atoms. The molecule has 0 radical (unpaired) electrons. The molecule has 0 bridgehead atoms. The van der Waals surface area contributed by atoms with Crippen molar-refractivity contribution in [1.29, 1.82) is 0 Å². The van der Waals surface area contributed by atoms with E-state index in [4.69, 9.17) is 11.6 Å². The summed E-state index contributed by atoms with van der Waals surface area (Å²) in [5.41, 5.74) is -0.935. The van der Waals surface area contributed by atoms with Gasteiger partial charge in [-0.25, -0.2) is 9.48 Å². The Balaban J connectivity index is 2.07. The standard InChI is InChI=1S/C16H15ClF3N3O2/c1-25-15(24)12-13(16(18,19)20)21-23-7-3-6-22(14(12)23)9-10-4-2-5-11(17)8-10/h2,4-5,8H,3,6-7,9H2,1H3. The SMILES string of the molecule is COC(=O)c1c(C(F)(F)F)nn2c1N(Cc1cccc(Cl)c1)CCC2. The van der Waals surface area contributed by atoms with Crippen LogP contribution in [-0.4, -0.2) is 29.4 Å². The first-order valence-electron chi connectivity index (χ1n) is 7.57. The Morgan fingerprint density at radius 3 is 2.76 bits per heavy atom. The monoisotopic (exact) mass is 373 g/mol. The number of rotatable bonds is 3. The minimum atomic E-state index is -4.74. The summed E-state index contributed by atoms with van der Waals surface area (Å²) < 4.78 is 45.8. The molecular formula is C16H15ClF3N3O2. The van der Waals surface area contributed by atoms with Crippen LogP contribution in [0.1, 0.15) is 28.0 Å². The van der Waals surface area contributed by atoms with Crippen molar-refractivity contribution in [2.45, 2.75) is 25.7 Å². The molecule has 2 heterocycles. The van der Waals surface area contributed by atoms with E-state index in [1.54, 1.807) is 23.1 Å². The third-order valence-corrected chi connectivity index (χ3v) is 4.18. The Morgan fingerprint density at radius 1 is 1.36 bits per heavy atom. The molecule has 1 aliphatic rings. The Labute approximate surface area is 146 Å². The van der Waals surface area contributed by atoms with Gasteiger partial charge in [0.2, 0.25) is 0 Å². The first-order valence-corrected chi connectivity index (χ1v) is 7.94. The van der Waals surface area contributed by atoms with Gasteiger partial charge >= 0.3 is 12.1 Å². The summed E-state index contributed by atoms with van der Waals surface area (Å²) in [4.78, 5) is 13.7. The molecule has 0 saturated heterocycles. The number of esters is 1. The largest absolute Gasteiger partial charge is 0.465 e. The van der Waals surface area contributed by atoms with Crippen LogP contribution in [0.3, 0.4) is 0 Å².